The summed E-state index contributed by atoms with van der Waals surface area (Å²) in [7, 11) is 1.43. The lowest BCUT2D eigenvalue weighted by Crippen LogP contribution is -2.43. The van der Waals surface area contributed by atoms with E-state index >= 15 is 0 Å². The Morgan fingerprint density at radius 2 is 1.85 bits per heavy atom. The molecule has 1 fully saturated rings. The van der Waals surface area contributed by atoms with Gasteiger partial charge < -0.3 is 5.32 Å². The van der Waals surface area contributed by atoms with Crippen molar-refractivity contribution in [1.82, 2.24) is 29.7 Å². The van der Waals surface area contributed by atoms with Crippen molar-refractivity contribution in [3.8, 4) is 0 Å². The number of imide groups is 1. The first-order chi connectivity index (χ1) is 16.3. The summed E-state index contributed by atoms with van der Waals surface area (Å²) >= 11 is 1.10. The Morgan fingerprint density at radius 3 is 2.50 bits per heavy atom. The summed E-state index contributed by atoms with van der Waals surface area (Å²) in [6.07, 6.45) is 7.29. The third kappa shape index (κ3) is 6.25. The Kier molecular flexibility index (Phi) is 8.87. The standard InChI is InChI=1S/C23H34N6O4S/c1-5-7-8-9-10-16-25-18-17(21(31)28(4)23(33)29(18)13-6-2)20(26-16)34-14(3)19(30)27-22(32)24-15-11-12-15/h14-15H,5-13H2,1-4H3,(H2,24,27,30,32)/t14-/m0/s1. The summed E-state index contributed by atoms with van der Waals surface area (Å²) in [5.74, 6) is 0.0702. The average Bonchev–Trinajstić information content (AvgIpc) is 3.61. The molecule has 2 aromatic heterocycles. The predicted molar refractivity (Wildman–Crippen MR) is 132 cm³/mol. The van der Waals surface area contributed by atoms with E-state index in [9.17, 15) is 19.2 Å². The quantitative estimate of drug-likeness (QED) is 0.281. The number of thioether (sulfide) groups is 1. The zero-order valence-electron chi connectivity index (χ0n) is 20.3. The Labute approximate surface area is 202 Å². The number of hydrogen-bond acceptors (Lipinski definition) is 7. The monoisotopic (exact) mass is 490 g/mol. The highest BCUT2D eigenvalue weighted by Gasteiger charge is 2.26. The fourth-order valence-electron chi connectivity index (χ4n) is 3.60. The summed E-state index contributed by atoms with van der Waals surface area (Å²) in [5, 5.41) is 4.97. The van der Waals surface area contributed by atoms with Crippen molar-refractivity contribution in [3.05, 3.63) is 26.7 Å². The molecule has 1 aliphatic carbocycles. The number of fused-ring (bicyclic) bond motifs is 1. The number of nitrogens with zero attached hydrogens (tertiary/aromatic N) is 4. The normalized spacial score (nSPS) is 14.2. The van der Waals surface area contributed by atoms with Crippen LogP contribution in [0.3, 0.4) is 0 Å². The lowest BCUT2D eigenvalue weighted by atomic mass is 10.1. The van der Waals surface area contributed by atoms with Gasteiger partial charge in [0, 0.05) is 26.1 Å². The molecule has 2 N–H and O–H groups in total. The third-order valence-electron chi connectivity index (χ3n) is 5.70. The molecule has 34 heavy (non-hydrogen) atoms. The molecule has 1 saturated carbocycles. The minimum Gasteiger partial charge on any atom is -0.335 e. The van der Waals surface area contributed by atoms with Gasteiger partial charge in [0.25, 0.3) is 5.56 Å². The Morgan fingerprint density at radius 1 is 1.12 bits per heavy atom. The number of hydrogen-bond donors (Lipinski definition) is 2. The summed E-state index contributed by atoms with van der Waals surface area (Å²) in [5.41, 5.74) is -0.614. The van der Waals surface area contributed by atoms with Crippen LogP contribution >= 0.6 is 11.8 Å². The molecule has 1 aliphatic rings. The van der Waals surface area contributed by atoms with Crippen LogP contribution in [0.15, 0.2) is 14.6 Å². The molecule has 2 aromatic rings. The summed E-state index contributed by atoms with van der Waals surface area (Å²) in [6.45, 7) is 6.16. The lowest BCUT2D eigenvalue weighted by molar-refractivity contribution is -0.119. The highest BCUT2D eigenvalue weighted by Crippen LogP contribution is 2.27. The maximum atomic E-state index is 13.1. The molecule has 11 heteroatoms. The van der Waals surface area contributed by atoms with Crippen molar-refractivity contribution in [1.29, 1.82) is 0 Å². The van der Waals surface area contributed by atoms with Gasteiger partial charge in [-0.15, -0.1) is 0 Å². The second-order valence-corrected chi connectivity index (χ2v) is 10.1. The SMILES string of the molecule is CCCCCCc1nc(S[C@@H](C)C(=O)NC(=O)NC2CC2)c2c(=O)n(C)c(=O)n(CCC)c2n1. The lowest BCUT2D eigenvalue weighted by Gasteiger charge is -2.16. The van der Waals surface area contributed by atoms with E-state index in [0.717, 1.165) is 54.9 Å². The first-order valence-electron chi connectivity index (χ1n) is 12.0. The van der Waals surface area contributed by atoms with Gasteiger partial charge in [0.2, 0.25) is 5.91 Å². The van der Waals surface area contributed by atoms with Crippen LogP contribution in [-0.4, -0.2) is 42.3 Å². The summed E-state index contributed by atoms with van der Waals surface area (Å²) < 4.78 is 2.56. The molecule has 0 bridgehead atoms. The minimum absolute atomic E-state index is 0.134. The van der Waals surface area contributed by atoms with E-state index in [4.69, 9.17) is 0 Å². The number of unbranched alkanes of at least 4 members (excludes halogenated alkanes) is 3. The van der Waals surface area contributed by atoms with Gasteiger partial charge in [0.15, 0.2) is 5.65 Å². The van der Waals surface area contributed by atoms with Gasteiger partial charge in [-0.25, -0.2) is 19.6 Å². The second kappa shape index (κ2) is 11.6. The zero-order valence-corrected chi connectivity index (χ0v) is 21.2. The van der Waals surface area contributed by atoms with E-state index in [0.29, 0.717) is 35.9 Å². The molecular formula is C23H34N6O4S. The fraction of sp³-hybridized carbons (Fsp3) is 0.652. The third-order valence-corrected chi connectivity index (χ3v) is 6.79. The number of aromatic nitrogens is 4. The molecule has 1 atom stereocenters. The van der Waals surface area contributed by atoms with E-state index in [1.165, 1.54) is 11.6 Å². The molecule has 3 amide bonds. The number of carbonyl (C=O) groups excluding carboxylic acids is 2. The van der Waals surface area contributed by atoms with Gasteiger partial charge in [-0.1, -0.05) is 44.9 Å². The largest absolute Gasteiger partial charge is 0.335 e. The van der Waals surface area contributed by atoms with E-state index < -0.39 is 28.4 Å². The van der Waals surface area contributed by atoms with E-state index in [-0.39, 0.29) is 11.4 Å². The second-order valence-electron chi connectivity index (χ2n) is 8.75. The Bertz CT molecular complexity index is 1170. The van der Waals surface area contributed by atoms with Crippen LogP contribution in [-0.2, 0) is 24.8 Å². The first-order valence-corrected chi connectivity index (χ1v) is 12.9. The number of amides is 3. The van der Waals surface area contributed by atoms with E-state index in [2.05, 4.69) is 27.5 Å². The topological polar surface area (TPSA) is 128 Å². The van der Waals surface area contributed by atoms with Gasteiger partial charge in [-0.05, 0) is 32.6 Å². The molecule has 0 saturated heterocycles. The molecule has 186 valence electrons. The maximum absolute atomic E-state index is 13.1. The molecule has 0 aliphatic heterocycles. The number of rotatable bonds is 11. The molecule has 0 radical (unpaired) electrons. The van der Waals surface area contributed by atoms with E-state index in [1.807, 2.05) is 6.92 Å². The highest BCUT2D eigenvalue weighted by atomic mass is 32.2. The van der Waals surface area contributed by atoms with Crippen LogP contribution in [0.2, 0.25) is 0 Å². The molecule has 0 unspecified atom stereocenters. The van der Waals surface area contributed by atoms with Crippen LogP contribution in [0.5, 0.6) is 0 Å². The molecule has 10 nitrogen and oxygen atoms in total. The van der Waals surface area contributed by atoms with Crippen molar-refractivity contribution in [2.24, 2.45) is 7.05 Å². The van der Waals surface area contributed by atoms with Crippen molar-refractivity contribution >= 4 is 34.7 Å². The van der Waals surface area contributed by atoms with Crippen LogP contribution in [0.4, 0.5) is 4.79 Å². The molecule has 0 aromatic carbocycles. The molecular weight excluding hydrogens is 456 g/mol. The van der Waals surface area contributed by atoms with Crippen molar-refractivity contribution in [2.75, 3.05) is 0 Å². The summed E-state index contributed by atoms with van der Waals surface area (Å²) in [4.78, 5) is 59.8. The predicted octanol–water partition coefficient (Wildman–Crippen LogP) is 2.49. The average molecular weight is 491 g/mol. The van der Waals surface area contributed by atoms with Gasteiger partial charge >= 0.3 is 11.7 Å². The van der Waals surface area contributed by atoms with Crippen molar-refractivity contribution in [3.63, 3.8) is 0 Å². The zero-order chi connectivity index (χ0) is 24.8. The smallest absolute Gasteiger partial charge is 0.332 e. The molecule has 0 spiro atoms. The molecule has 3 rings (SSSR count). The number of aryl methyl sites for hydroxylation is 2. The van der Waals surface area contributed by atoms with Crippen molar-refractivity contribution in [2.45, 2.75) is 95.0 Å². The van der Waals surface area contributed by atoms with Crippen LogP contribution in [0.25, 0.3) is 11.0 Å². The van der Waals surface area contributed by atoms with Gasteiger partial charge in [0.1, 0.15) is 16.2 Å². The van der Waals surface area contributed by atoms with Crippen LogP contribution in [0.1, 0.15) is 71.5 Å². The van der Waals surface area contributed by atoms with Crippen molar-refractivity contribution < 1.29 is 9.59 Å². The van der Waals surface area contributed by atoms with Crippen LogP contribution in [0, 0.1) is 0 Å². The summed E-state index contributed by atoms with van der Waals surface area (Å²) in [6, 6.07) is -0.382. The number of nitrogens with one attached hydrogen (secondary N) is 2. The molecule has 2 heterocycles. The first kappa shape index (κ1) is 25.9. The number of urea groups is 1. The van der Waals surface area contributed by atoms with Crippen LogP contribution < -0.4 is 21.9 Å². The Balaban J connectivity index is 1.97. The maximum Gasteiger partial charge on any atom is 0.332 e. The van der Waals surface area contributed by atoms with Gasteiger partial charge in [-0.3, -0.25) is 24.0 Å². The highest BCUT2D eigenvalue weighted by molar-refractivity contribution is 8.00. The van der Waals surface area contributed by atoms with Gasteiger partial charge in [0.05, 0.1) is 5.25 Å². The number of carbonyl (C=O) groups is 2. The van der Waals surface area contributed by atoms with E-state index in [1.54, 1.807) is 6.92 Å². The minimum atomic E-state index is -0.688. The van der Waals surface area contributed by atoms with Gasteiger partial charge in [-0.2, -0.15) is 0 Å². The fourth-order valence-corrected chi connectivity index (χ4v) is 4.55. The Hall–Kier alpha value is -2.69.